The van der Waals surface area contributed by atoms with Gasteiger partial charge in [-0.05, 0) is 69.2 Å². The van der Waals surface area contributed by atoms with E-state index in [1.165, 1.54) is 28.3 Å². The molecule has 0 saturated carbocycles. The standard InChI is InChI=1S/C31H32FN7O2/c1-31(2,3)41-30(40)38-11-10-26-25(17-38)28-35-27(20-13-21(32)16-33-15-20)36-29(39(28)37-26)34-22-9-8-19-12-18-6-4-5-7-23(18)24(19)14-22/h4-7,13,15-16,22H,8-12,14,17H2,1-3H3,(H,34,35,36)/t22-/m1/s1. The molecular formula is C31H32FN7O2. The van der Waals surface area contributed by atoms with Gasteiger partial charge in [0.05, 0.1) is 18.4 Å². The van der Waals surface area contributed by atoms with E-state index in [1.807, 2.05) is 20.8 Å². The van der Waals surface area contributed by atoms with Gasteiger partial charge in [0.1, 0.15) is 11.4 Å². The molecule has 0 saturated heterocycles. The Kier molecular flexibility index (Phi) is 6.02. The van der Waals surface area contributed by atoms with Gasteiger partial charge >= 0.3 is 6.09 Å². The van der Waals surface area contributed by atoms with Crippen LogP contribution in [0.5, 0.6) is 0 Å². The summed E-state index contributed by atoms with van der Waals surface area (Å²) in [6.45, 7) is 6.39. The zero-order valence-corrected chi connectivity index (χ0v) is 23.4. The number of hydrogen-bond donors (Lipinski definition) is 1. The molecule has 1 atom stereocenters. The van der Waals surface area contributed by atoms with Gasteiger partial charge in [-0.1, -0.05) is 29.8 Å². The first-order chi connectivity index (χ1) is 19.7. The van der Waals surface area contributed by atoms with Crippen molar-refractivity contribution in [2.75, 3.05) is 11.9 Å². The second-order valence-corrected chi connectivity index (χ2v) is 12.1. The van der Waals surface area contributed by atoms with Crippen molar-refractivity contribution in [1.29, 1.82) is 0 Å². The number of allylic oxidation sites excluding steroid dienone is 1. The zero-order valence-electron chi connectivity index (χ0n) is 23.4. The number of anilines is 1. The van der Waals surface area contributed by atoms with Crippen molar-refractivity contribution in [1.82, 2.24) is 29.5 Å². The number of rotatable bonds is 3. The summed E-state index contributed by atoms with van der Waals surface area (Å²) in [6, 6.07) is 10.2. The van der Waals surface area contributed by atoms with Gasteiger partial charge < -0.3 is 15.0 Å². The van der Waals surface area contributed by atoms with Gasteiger partial charge in [0, 0.05) is 36.3 Å². The Labute approximate surface area is 237 Å². The van der Waals surface area contributed by atoms with Gasteiger partial charge in [0.2, 0.25) is 5.95 Å². The molecule has 0 bridgehead atoms. The highest BCUT2D eigenvalue weighted by atomic mass is 19.1. The summed E-state index contributed by atoms with van der Waals surface area (Å²) in [5.41, 5.74) is 7.90. The number of amides is 1. The molecule has 10 heteroatoms. The molecule has 4 aromatic rings. The summed E-state index contributed by atoms with van der Waals surface area (Å²) in [5, 5.41) is 8.55. The molecule has 0 spiro atoms. The fourth-order valence-corrected chi connectivity index (χ4v) is 6.13. The molecule has 1 aliphatic heterocycles. The molecule has 2 aliphatic carbocycles. The van der Waals surface area contributed by atoms with Crippen LogP contribution in [0.2, 0.25) is 0 Å². The normalized spacial score (nSPS) is 18.2. The van der Waals surface area contributed by atoms with Crippen molar-refractivity contribution >= 4 is 23.3 Å². The van der Waals surface area contributed by atoms with Crippen LogP contribution in [0.4, 0.5) is 15.1 Å². The van der Waals surface area contributed by atoms with Crippen LogP contribution in [0.3, 0.4) is 0 Å². The monoisotopic (exact) mass is 553 g/mol. The number of halogens is 1. The van der Waals surface area contributed by atoms with E-state index in [1.54, 1.807) is 15.6 Å². The summed E-state index contributed by atoms with van der Waals surface area (Å²) >= 11 is 0. The Morgan fingerprint density at radius 1 is 1.15 bits per heavy atom. The highest BCUT2D eigenvalue weighted by molar-refractivity contribution is 5.78. The van der Waals surface area contributed by atoms with Crippen molar-refractivity contribution in [2.24, 2.45) is 0 Å². The van der Waals surface area contributed by atoms with Crippen molar-refractivity contribution < 1.29 is 13.9 Å². The third-order valence-corrected chi connectivity index (χ3v) is 8.00. The van der Waals surface area contributed by atoms with Crippen LogP contribution in [0.1, 0.15) is 62.4 Å². The zero-order chi connectivity index (χ0) is 28.3. The maximum Gasteiger partial charge on any atom is 0.410 e. The van der Waals surface area contributed by atoms with Crippen LogP contribution >= 0.6 is 0 Å². The minimum absolute atomic E-state index is 0.149. The molecule has 0 unspecified atom stereocenters. The van der Waals surface area contributed by atoms with Crippen molar-refractivity contribution in [2.45, 2.75) is 71.1 Å². The van der Waals surface area contributed by atoms with E-state index in [9.17, 15) is 9.18 Å². The minimum atomic E-state index is -0.593. The van der Waals surface area contributed by atoms with Crippen LogP contribution in [-0.2, 0) is 24.1 Å². The van der Waals surface area contributed by atoms with E-state index in [0.717, 1.165) is 43.1 Å². The fraction of sp³-hybridized carbons (Fsp3) is 0.387. The Bertz CT molecular complexity index is 1720. The van der Waals surface area contributed by atoms with Crippen LogP contribution in [0.15, 0.2) is 48.3 Å². The molecule has 0 radical (unpaired) electrons. The predicted molar refractivity (Wildman–Crippen MR) is 153 cm³/mol. The van der Waals surface area contributed by atoms with Crippen LogP contribution in [-0.4, -0.2) is 53.7 Å². The van der Waals surface area contributed by atoms with E-state index in [0.29, 0.717) is 42.5 Å². The van der Waals surface area contributed by atoms with Gasteiger partial charge in [-0.15, -0.1) is 0 Å². The van der Waals surface area contributed by atoms with Crippen LogP contribution in [0.25, 0.3) is 22.6 Å². The van der Waals surface area contributed by atoms with Gasteiger partial charge in [-0.25, -0.2) is 14.2 Å². The van der Waals surface area contributed by atoms with Crippen molar-refractivity contribution in [3.8, 4) is 11.4 Å². The molecule has 3 aliphatic rings. The van der Waals surface area contributed by atoms with Gasteiger partial charge in [0.15, 0.2) is 11.5 Å². The Morgan fingerprint density at radius 3 is 2.83 bits per heavy atom. The first kappa shape index (κ1) is 25.6. The molecular weight excluding hydrogens is 521 g/mol. The number of ether oxygens (including phenoxy) is 1. The minimum Gasteiger partial charge on any atom is -0.444 e. The number of benzene rings is 1. The molecule has 4 heterocycles. The van der Waals surface area contributed by atoms with Crippen molar-refractivity contribution in [3.05, 3.63) is 76.5 Å². The van der Waals surface area contributed by atoms with Gasteiger partial charge in [-0.2, -0.15) is 14.6 Å². The SMILES string of the molecule is CC(C)(C)OC(=O)N1CCc2nn3c(N[C@@H]4CCC5=C(C4)c4ccccc4C5)nc(-c4cncc(F)c4)nc3c2C1. The highest BCUT2D eigenvalue weighted by Gasteiger charge is 2.32. The number of fused-ring (bicyclic) bond motifs is 5. The lowest BCUT2D eigenvalue weighted by Gasteiger charge is -2.29. The quantitative estimate of drug-likeness (QED) is 0.353. The highest BCUT2D eigenvalue weighted by Crippen LogP contribution is 2.42. The molecule has 1 amide bonds. The summed E-state index contributed by atoms with van der Waals surface area (Å²) in [6.07, 6.45) is 6.85. The van der Waals surface area contributed by atoms with E-state index < -0.39 is 11.4 Å². The van der Waals surface area contributed by atoms with Crippen LogP contribution in [0, 0.1) is 5.82 Å². The number of aromatic nitrogens is 5. The second kappa shape index (κ2) is 9.64. The third kappa shape index (κ3) is 4.81. The summed E-state index contributed by atoms with van der Waals surface area (Å²) < 4.78 is 21.5. The van der Waals surface area contributed by atoms with Gasteiger partial charge in [-0.3, -0.25) is 4.98 Å². The Balaban J connectivity index is 1.26. The molecule has 9 nitrogen and oxygen atoms in total. The van der Waals surface area contributed by atoms with Gasteiger partial charge in [0.25, 0.3) is 0 Å². The summed E-state index contributed by atoms with van der Waals surface area (Å²) in [7, 11) is 0. The maximum atomic E-state index is 14.2. The lowest BCUT2D eigenvalue weighted by atomic mass is 9.88. The molecule has 0 fully saturated rings. The molecule has 1 aromatic carbocycles. The fourth-order valence-electron chi connectivity index (χ4n) is 6.13. The number of hydrogen-bond acceptors (Lipinski definition) is 7. The number of carbonyl (C=O) groups excluding carboxylic acids is 1. The summed E-state index contributed by atoms with van der Waals surface area (Å²) in [4.78, 5) is 28.2. The molecule has 1 N–H and O–H groups in total. The predicted octanol–water partition coefficient (Wildman–Crippen LogP) is 5.59. The summed E-state index contributed by atoms with van der Waals surface area (Å²) in [5.74, 6) is 0.442. The third-order valence-electron chi connectivity index (χ3n) is 8.00. The average molecular weight is 554 g/mol. The second-order valence-electron chi connectivity index (χ2n) is 12.1. The average Bonchev–Trinajstić information content (AvgIpc) is 3.50. The largest absolute Gasteiger partial charge is 0.444 e. The molecule has 210 valence electrons. The van der Waals surface area contributed by atoms with E-state index >= 15 is 0 Å². The van der Waals surface area contributed by atoms with E-state index in [-0.39, 0.29) is 12.1 Å². The lowest BCUT2D eigenvalue weighted by Crippen LogP contribution is -2.39. The smallest absolute Gasteiger partial charge is 0.410 e. The number of nitrogens with zero attached hydrogens (tertiary/aromatic N) is 6. The maximum absolute atomic E-state index is 14.2. The first-order valence-electron chi connectivity index (χ1n) is 14.1. The molecule has 3 aromatic heterocycles. The number of carbonyl (C=O) groups is 1. The molecule has 7 rings (SSSR count). The molecule has 41 heavy (non-hydrogen) atoms. The van der Waals surface area contributed by atoms with E-state index in [2.05, 4.69) is 34.6 Å². The Morgan fingerprint density at radius 2 is 2.00 bits per heavy atom. The first-order valence-corrected chi connectivity index (χ1v) is 14.1. The van der Waals surface area contributed by atoms with Crippen molar-refractivity contribution in [3.63, 3.8) is 0 Å². The van der Waals surface area contributed by atoms with Crippen LogP contribution < -0.4 is 5.32 Å². The lowest BCUT2D eigenvalue weighted by molar-refractivity contribution is 0.0224. The van der Waals surface area contributed by atoms with E-state index in [4.69, 9.17) is 19.8 Å². The Hall–Kier alpha value is -4.34. The number of pyridine rings is 1. The topological polar surface area (TPSA) is 97.5 Å². The number of nitrogens with one attached hydrogen (secondary N) is 1.